The van der Waals surface area contributed by atoms with E-state index in [1.54, 1.807) is 34.6 Å². The first kappa shape index (κ1) is 25.1. The third-order valence-electron chi connectivity index (χ3n) is 7.29. The van der Waals surface area contributed by atoms with Crippen LogP contribution >= 0.6 is 11.8 Å². The molecule has 3 heterocycles. The Bertz CT molecular complexity index is 744. The maximum absolute atomic E-state index is 14.0. The maximum Gasteiger partial charge on any atom is 0.310 e. The van der Waals surface area contributed by atoms with E-state index in [9.17, 15) is 19.5 Å². The van der Waals surface area contributed by atoms with Crippen LogP contribution in [0.4, 0.5) is 0 Å². The summed E-state index contributed by atoms with van der Waals surface area (Å²) in [6, 6.07) is -1.17. The van der Waals surface area contributed by atoms with Gasteiger partial charge in [-0.1, -0.05) is 33.3 Å². The molecule has 8 heteroatoms. The van der Waals surface area contributed by atoms with Gasteiger partial charge in [0.1, 0.15) is 6.04 Å². The largest absolute Gasteiger partial charge is 0.466 e. The number of unbranched alkanes of at least 4 members (excludes halogenated alkanes) is 1. The monoisotopic (exact) mass is 466 g/mol. The number of rotatable bonds is 11. The van der Waals surface area contributed by atoms with Gasteiger partial charge in [-0.15, -0.1) is 18.3 Å². The maximum atomic E-state index is 14.0. The van der Waals surface area contributed by atoms with Crippen molar-refractivity contribution in [3.63, 3.8) is 0 Å². The number of fused-ring (bicyclic) bond motifs is 1. The van der Waals surface area contributed by atoms with Crippen molar-refractivity contribution < 1.29 is 24.2 Å². The fourth-order valence-corrected chi connectivity index (χ4v) is 8.01. The molecule has 2 amide bonds. The Morgan fingerprint density at radius 1 is 1.41 bits per heavy atom. The number of likely N-dealkylation sites (tertiary alicyclic amines) is 1. The van der Waals surface area contributed by atoms with Gasteiger partial charge in [0.05, 0.1) is 35.8 Å². The Kier molecular flexibility index (Phi) is 7.97. The van der Waals surface area contributed by atoms with Crippen molar-refractivity contribution in [3.8, 4) is 0 Å². The molecule has 0 aromatic carbocycles. The number of esters is 1. The molecule has 3 aliphatic rings. The number of thioether (sulfide) groups is 1. The minimum absolute atomic E-state index is 0.00410. The predicted octanol–water partition coefficient (Wildman–Crippen LogP) is 2.47. The van der Waals surface area contributed by atoms with E-state index < -0.39 is 28.7 Å². The van der Waals surface area contributed by atoms with E-state index in [1.807, 2.05) is 13.8 Å². The normalized spacial score (nSPS) is 31.7. The number of carbonyl (C=O) groups is 3. The van der Waals surface area contributed by atoms with E-state index >= 15 is 0 Å². The average Bonchev–Trinajstić information content (AvgIpc) is 3.39. The Balaban J connectivity index is 2.07. The number of aliphatic hydroxyl groups excluding tert-OH is 1. The first-order valence-corrected chi connectivity index (χ1v) is 12.8. The Hall–Kier alpha value is -1.54. The average molecular weight is 467 g/mol. The van der Waals surface area contributed by atoms with E-state index in [1.165, 1.54) is 0 Å². The first-order valence-electron chi connectivity index (χ1n) is 12.0. The van der Waals surface area contributed by atoms with Crippen molar-refractivity contribution in [1.29, 1.82) is 0 Å². The molecule has 7 nitrogen and oxygen atoms in total. The van der Waals surface area contributed by atoms with Crippen molar-refractivity contribution in [2.75, 3.05) is 26.3 Å². The number of hydrogen-bond donors (Lipinski definition) is 1. The zero-order chi connectivity index (χ0) is 23.6. The molecule has 0 saturated carbocycles. The molecular weight excluding hydrogens is 428 g/mol. The molecule has 0 aromatic rings. The van der Waals surface area contributed by atoms with Crippen LogP contribution in [0.25, 0.3) is 0 Å². The highest BCUT2D eigenvalue weighted by Gasteiger charge is 2.74. The highest BCUT2D eigenvalue weighted by molar-refractivity contribution is 8.02. The fraction of sp³-hybridized carbons (Fsp3) is 0.792. The molecule has 180 valence electrons. The summed E-state index contributed by atoms with van der Waals surface area (Å²) in [5.41, 5.74) is 0. The minimum atomic E-state index is -0.689. The number of hydrogen-bond acceptors (Lipinski definition) is 6. The summed E-state index contributed by atoms with van der Waals surface area (Å²) >= 11 is 1.64. The number of carbonyl (C=O) groups excluding carboxylic acids is 3. The van der Waals surface area contributed by atoms with Crippen LogP contribution in [0.2, 0.25) is 0 Å². The van der Waals surface area contributed by atoms with Gasteiger partial charge in [0.15, 0.2) is 0 Å². The quantitative estimate of drug-likeness (QED) is 0.372. The van der Waals surface area contributed by atoms with Gasteiger partial charge in [0.2, 0.25) is 11.8 Å². The van der Waals surface area contributed by atoms with E-state index in [2.05, 4.69) is 13.5 Å². The molecule has 6 atom stereocenters. The third-order valence-corrected chi connectivity index (χ3v) is 9.24. The van der Waals surface area contributed by atoms with Crippen LogP contribution in [-0.2, 0) is 19.1 Å². The lowest BCUT2D eigenvalue weighted by Gasteiger charge is -2.40. The highest BCUT2D eigenvalue weighted by Crippen LogP contribution is 2.67. The SMILES string of the molecule is C=CCN(CCCC)C(=O)C1N([C@@H](CO)C(C)C)C(=O)[C@@H]2[C@H](C(=O)OCC)[C@@H]3CCC12S3. The van der Waals surface area contributed by atoms with Crippen LogP contribution in [-0.4, -0.2) is 81.1 Å². The van der Waals surface area contributed by atoms with E-state index in [0.717, 1.165) is 19.3 Å². The molecule has 0 aliphatic carbocycles. The van der Waals surface area contributed by atoms with Gasteiger partial charge in [-0.05, 0) is 32.1 Å². The number of aliphatic hydroxyl groups is 1. The second-order valence-electron chi connectivity index (χ2n) is 9.47. The highest BCUT2D eigenvalue weighted by atomic mass is 32.2. The lowest BCUT2D eigenvalue weighted by atomic mass is 9.71. The molecule has 3 fully saturated rings. The van der Waals surface area contributed by atoms with Gasteiger partial charge in [-0.25, -0.2) is 0 Å². The van der Waals surface area contributed by atoms with Crippen LogP contribution in [0.15, 0.2) is 12.7 Å². The molecular formula is C24H38N2O5S. The summed E-state index contributed by atoms with van der Waals surface area (Å²) in [6.07, 6.45) is 5.04. The van der Waals surface area contributed by atoms with Gasteiger partial charge in [-0.3, -0.25) is 14.4 Å². The summed E-state index contributed by atoms with van der Waals surface area (Å²) < 4.78 is 4.71. The molecule has 0 aromatic heterocycles. The molecule has 1 spiro atoms. The smallest absolute Gasteiger partial charge is 0.310 e. The van der Waals surface area contributed by atoms with Crippen LogP contribution < -0.4 is 0 Å². The van der Waals surface area contributed by atoms with Gasteiger partial charge in [0.25, 0.3) is 0 Å². The molecule has 2 unspecified atom stereocenters. The summed E-state index contributed by atoms with van der Waals surface area (Å²) in [4.78, 5) is 44.3. The van der Waals surface area contributed by atoms with Gasteiger partial charge < -0.3 is 19.6 Å². The van der Waals surface area contributed by atoms with Crippen LogP contribution in [0.3, 0.4) is 0 Å². The van der Waals surface area contributed by atoms with Crippen LogP contribution in [0, 0.1) is 17.8 Å². The van der Waals surface area contributed by atoms with E-state index in [4.69, 9.17) is 4.74 Å². The minimum Gasteiger partial charge on any atom is -0.466 e. The molecule has 3 aliphatic heterocycles. The Morgan fingerprint density at radius 2 is 2.12 bits per heavy atom. The lowest BCUT2D eigenvalue weighted by Crippen LogP contribution is -2.58. The third kappa shape index (κ3) is 3.98. The zero-order valence-electron chi connectivity index (χ0n) is 19.8. The number of amides is 2. The summed E-state index contributed by atoms with van der Waals surface area (Å²) in [5.74, 6) is -1.75. The summed E-state index contributed by atoms with van der Waals surface area (Å²) in [7, 11) is 0. The topological polar surface area (TPSA) is 87.2 Å². The van der Waals surface area contributed by atoms with E-state index in [0.29, 0.717) is 19.5 Å². The number of ether oxygens (including phenoxy) is 1. The molecule has 3 rings (SSSR count). The summed E-state index contributed by atoms with van der Waals surface area (Å²) in [6.45, 7) is 12.6. The molecule has 32 heavy (non-hydrogen) atoms. The van der Waals surface area contributed by atoms with Crippen molar-refractivity contribution in [2.45, 2.75) is 75.5 Å². The summed E-state index contributed by atoms with van der Waals surface area (Å²) in [5, 5.41) is 10.2. The second-order valence-corrected chi connectivity index (χ2v) is 11.1. The number of nitrogens with zero attached hydrogens (tertiary/aromatic N) is 2. The fourth-order valence-electron chi connectivity index (χ4n) is 5.82. The standard InChI is InChI=1S/C24H38N2O5S/c1-6-9-13-25(12-7-2)22(29)20-24-11-10-17(32-24)18(23(30)31-8-3)19(24)21(28)26(20)16(14-27)15(4)5/h7,15-20,27H,2,6,8-14H2,1,3-5H3/t16-,17-,18+,19-,20?,24?/m0/s1. The molecule has 2 bridgehead atoms. The van der Waals surface area contributed by atoms with Crippen molar-refractivity contribution in [3.05, 3.63) is 12.7 Å². The van der Waals surface area contributed by atoms with Crippen molar-refractivity contribution >= 4 is 29.5 Å². The van der Waals surface area contributed by atoms with Crippen molar-refractivity contribution in [2.24, 2.45) is 17.8 Å². The van der Waals surface area contributed by atoms with Gasteiger partial charge in [0, 0.05) is 18.3 Å². The van der Waals surface area contributed by atoms with Crippen LogP contribution in [0.1, 0.15) is 53.4 Å². The van der Waals surface area contributed by atoms with Gasteiger partial charge >= 0.3 is 5.97 Å². The molecule has 1 N–H and O–H groups in total. The van der Waals surface area contributed by atoms with E-state index in [-0.39, 0.29) is 42.2 Å². The van der Waals surface area contributed by atoms with Crippen LogP contribution in [0.5, 0.6) is 0 Å². The first-order chi connectivity index (χ1) is 15.3. The van der Waals surface area contributed by atoms with Crippen molar-refractivity contribution in [1.82, 2.24) is 9.80 Å². The molecule has 3 saturated heterocycles. The lowest BCUT2D eigenvalue weighted by molar-refractivity contribution is -0.154. The Morgan fingerprint density at radius 3 is 2.69 bits per heavy atom. The predicted molar refractivity (Wildman–Crippen MR) is 125 cm³/mol. The second kappa shape index (κ2) is 10.2. The Labute approximate surface area is 195 Å². The van der Waals surface area contributed by atoms with Gasteiger partial charge in [-0.2, -0.15) is 0 Å². The zero-order valence-corrected chi connectivity index (χ0v) is 20.6. The molecule has 0 radical (unpaired) electrons.